The monoisotopic (exact) mass is 321 g/mol. The van der Waals surface area contributed by atoms with Crippen molar-refractivity contribution in [1.82, 2.24) is 9.88 Å². The molecule has 6 heteroatoms. The quantitative estimate of drug-likeness (QED) is 0.742. The molecular formula is C16H20ClN3O2. The van der Waals surface area contributed by atoms with E-state index in [2.05, 4.69) is 11.1 Å². The SMILES string of the molecule is CC(C)(C)OC(=O)N1CCC(C#N)(c2cccnc2Cl)CC1. The number of halogens is 1. The smallest absolute Gasteiger partial charge is 0.410 e. The first kappa shape index (κ1) is 16.6. The number of pyridine rings is 1. The lowest BCUT2D eigenvalue weighted by atomic mass is 9.74. The zero-order valence-corrected chi connectivity index (χ0v) is 13.9. The molecular weight excluding hydrogens is 302 g/mol. The van der Waals surface area contributed by atoms with Crippen LogP contribution in [0.25, 0.3) is 0 Å². The number of aromatic nitrogens is 1. The van der Waals surface area contributed by atoms with E-state index in [4.69, 9.17) is 16.3 Å². The number of ether oxygens (including phenoxy) is 1. The maximum Gasteiger partial charge on any atom is 0.410 e. The van der Waals surface area contributed by atoms with Crippen LogP contribution in [-0.4, -0.2) is 34.7 Å². The van der Waals surface area contributed by atoms with Crippen LogP contribution in [0.3, 0.4) is 0 Å². The molecule has 0 aromatic carbocycles. The van der Waals surface area contributed by atoms with Crippen molar-refractivity contribution in [2.45, 2.75) is 44.6 Å². The molecule has 118 valence electrons. The van der Waals surface area contributed by atoms with Gasteiger partial charge in [-0.1, -0.05) is 17.7 Å². The summed E-state index contributed by atoms with van der Waals surface area (Å²) in [5, 5.41) is 10.0. The number of nitrogens with zero attached hydrogens (tertiary/aromatic N) is 3. The van der Waals surface area contributed by atoms with Crippen LogP contribution in [0.5, 0.6) is 0 Å². The van der Waals surface area contributed by atoms with E-state index in [-0.39, 0.29) is 6.09 Å². The molecule has 2 rings (SSSR count). The number of hydrogen-bond donors (Lipinski definition) is 0. The van der Waals surface area contributed by atoms with E-state index in [1.807, 2.05) is 26.8 Å². The van der Waals surface area contributed by atoms with Gasteiger partial charge in [0.1, 0.15) is 10.8 Å². The predicted molar refractivity (Wildman–Crippen MR) is 83.6 cm³/mol. The molecule has 0 N–H and O–H groups in total. The molecule has 1 aliphatic heterocycles. The molecule has 0 atom stereocenters. The largest absolute Gasteiger partial charge is 0.444 e. The van der Waals surface area contributed by atoms with Crippen molar-refractivity contribution in [3.05, 3.63) is 29.0 Å². The number of likely N-dealkylation sites (tertiary alicyclic amines) is 1. The van der Waals surface area contributed by atoms with Gasteiger partial charge in [-0.05, 0) is 39.7 Å². The molecule has 0 radical (unpaired) electrons. The van der Waals surface area contributed by atoms with Crippen LogP contribution in [-0.2, 0) is 10.2 Å². The molecule has 2 heterocycles. The molecule has 0 aliphatic carbocycles. The lowest BCUT2D eigenvalue weighted by molar-refractivity contribution is 0.0185. The summed E-state index contributed by atoms with van der Waals surface area (Å²) in [5.74, 6) is 0. The van der Waals surface area contributed by atoms with Crippen LogP contribution in [0.15, 0.2) is 18.3 Å². The lowest BCUT2D eigenvalue weighted by Gasteiger charge is -2.38. The van der Waals surface area contributed by atoms with E-state index in [0.717, 1.165) is 5.56 Å². The van der Waals surface area contributed by atoms with E-state index < -0.39 is 11.0 Å². The van der Waals surface area contributed by atoms with Crippen molar-refractivity contribution in [2.24, 2.45) is 0 Å². The molecule has 1 aliphatic rings. The zero-order valence-electron chi connectivity index (χ0n) is 13.1. The van der Waals surface area contributed by atoms with Gasteiger partial charge >= 0.3 is 6.09 Å². The molecule has 5 nitrogen and oxygen atoms in total. The second-order valence-corrected chi connectivity index (χ2v) is 6.86. The highest BCUT2D eigenvalue weighted by molar-refractivity contribution is 6.30. The van der Waals surface area contributed by atoms with E-state index >= 15 is 0 Å². The van der Waals surface area contributed by atoms with Gasteiger partial charge in [-0.3, -0.25) is 0 Å². The molecule has 0 unspecified atom stereocenters. The third kappa shape index (κ3) is 3.50. The van der Waals surface area contributed by atoms with E-state index in [1.165, 1.54) is 0 Å². The summed E-state index contributed by atoms with van der Waals surface area (Å²) in [6, 6.07) is 5.99. The summed E-state index contributed by atoms with van der Waals surface area (Å²) < 4.78 is 5.37. The first-order valence-electron chi connectivity index (χ1n) is 7.28. The fraction of sp³-hybridized carbons (Fsp3) is 0.562. The van der Waals surface area contributed by atoms with Crippen LogP contribution in [0.1, 0.15) is 39.2 Å². The Balaban J connectivity index is 2.11. The first-order chi connectivity index (χ1) is 10.3. The van der Waals surface area contributed by atoms with Crippen molar-refractivity contribution in [2.75, 3.05) is 13.1 Å². The fourth-order valence-corrected chi connectivity index (χ4v) is 2.88. The minimum Gasteiger partial charge on any atom is -0.444 e. The molecule has 22 heavy (non-hydrogen) atoms. The second kappa shape index (κ2) is 6.13. The average molecular weight is 322 g/mol. The molecule has 0 bridgehead atoms. The van der Waals surface area contributed by atoms with Crippen LogP contribution in [0, 0.1) is 11.3 Å². The van der Waals surface area contributed by atoms with Crippen molar-refractivity contribution in [3.63, 3.8) is 0 Å². The van der Waals surface area contributed by atoms with Crippen LogP contribution < -0.4 is 0 Å². The molecule has 0 spiro atoms. The number of amides is 1. The Kier molecular flexibility index (Phi) is 4.62. The van der Waals surface area contributed by atoms with Crippen molar-refractivity contribution >= 4 is 17.7 Å². The first-order valence-corrected chi connectivity index (χ1v) is 7.65. The van der Waals surface area contributed by atoms with Gasteiger partial charge in [0.2, 0.25) is 0 Å². The maximum absolute atomic E-state index is 12.1. The number of carbonyl (C=O) groups is 1. The third-order valence-corrected chi connectivity index (χ3v) is 4.06. The van der Waals surface area contributed by atoms with Gasteiger partial charge in [-0.25, -0.2) is 9.78 Å². The standard InChI is InChI=1S/C16H20ClN3O2/c1-15(2,3)22-14(21)20-9-6-16(11-18,7-10-20)12-5-4-8-19-13(12)17/h4-5,8H,6-7,9-10H2,1-3H3. The van der Waals surface area contributed by atoms with Gasteiger partial charge in [-0.2, -0.15) is 5.26 Å². The number of nitriles is 1. The molecule has 1 amide bonds. The molecule has 1 aromatic rings. The molecule has 1 aromatic heterocycles. The van der Waals surface area contributed by atoms with Crippen LogP contribution >= 0.6 is 11.6 Å². The summed E-state index contributed by atoms with van der Waals surface area (Å²) in [6.45, 7) is 6.44. The predicted octanol–water partition coefficient (Wildman–Crippen LogP) is 3.53. The average Bonchev–Trinajstić information content (AvgIpc) is 2.46. The Hall–Kier alpha value is -1.80. The lowest BCUT2D eigenvalue weighted by Crippen LogP contribution is -2.46. The Morgan fingerprint density at radius 3 is 2.59 bits per heavy atom. The Morgan fingerprint density at radius 2 is 2.09 bits per heavy atom. The molecule has 1 fully saturated rings. The van der Waals surface area contributed by atoms with Gasteiger partial charge < -0.3 is 9.64 Å². The maximum atomic E-state index is 12.1. The second-order valence-electron chi connectivity index (χ2n) is 6.50. The number of carbonyl (C=O) groups excluding carboxylic acids is 1. The van der Waals surface area contributed by atoms with Gasteiger partial charge in [0.05, 0.1) is 11.5 Å². The van der Waals surface area contributed by atoms with E-state index in [1.54, 1.807) is 17.2 Å². The number of piperidine rings is 1. The van der Waals surface area contributed by atoms with Gasteiger partial charge in [0.15, 0.2) is 0 Å². The third-order valence-electron chi connectivity index (χ3n) is 3.76. The van der Waals surface area contributed by atoms with Gasteiger partial charge in [0, 0.05) is 24.8 Å². The topological polar surface area (TPSA) is 66.2 Å². The zero-order chi connectivity index (χ0) is 16.4. The van der Waals surface area contributed by atoms with Crippen molar-refractivity contribution < 1.29 is 9.53 Å². The summed E-state index contributed by atoms with van der Waals surface area (Å²) in [6.07, 6.45) is 2.31. The highest BCUT2D eigenvalue weighted by Crippen LogP contribution is 2.38. The normalized spacial score (nSPS) is 17.7. The summed E-state index contributed by atoms with van der Waals surface area (Å²) in [5.41, 5.74) is -0.472. The Bertz CT molecular complexity index is 596. The number of hydrogen-bond acceptors (Lipinski definition) is 4. The van der Waals surface area contributed by atoms with E-state index in [0.29, 0.717) is 31.1 Å². The highest BCUT2D eigenvalue weighted by Gasteiger charge is 2.40. The van der Waals surface area contributed by atoms with Crippen LogP contribution in [0.4, 0.5) is 4.79 Å². The Morgan fingerprint density at radius 1 is 1.45 bits per heavy atom. The highest BCUT2D eigenvalue weighted by atomic mass is 35.5. The molecule has 0 saturated carbocycles. The van der Waals surface area contributed by atoms with Gasteiger partial charge in [0.25, 0.3) is 0 Å². The van der Waals surface area contributed by atoms with Crippen molar-refractivity contribution in [1.29, 1.82) is 5.26 Å². The summed E-state index contributed by atoms with van der Waals surface area (Å²) >= 11 is 6.14. The van der Waals surface area contributed by atoms with Gasteiger partial charge in [-0.15, -0.1) is 0 Å². The Labute approximate surface area is 135 Å². The van der Waals surface area contributed by atoms with Crippen LogP contribution in [0.2, 0.25) is 5.15 Å². The minimum atomic E-state index is -0.691. The summed E-state index contributed by atoms with van der Waals surface area (Å²) in [4.78, 5) is 17.8. The molecule has 1 saturated heterocycles. The fourth-order valence-electron chi connectivity index (χ4n) is 2.58. The summed E-state index contributed by atoms with van der Waals surface area (Å²) in [7, 11) is 0. The van der Waals surface area contributed by atoms with E-state index in [9.17, 15) is 10.1 Å². The number of rotatable bonds is 1. The minimum absolute atomic E-state index is 0.337. The van der Waals surface area contributed by atoms with Crippen molar-refractivity contribution in [3.8, 4) is 6.07 Å².